The second-order valence-corrected chi connectivity index (χ2v) is 7.35. The van der Waals surface area contributed by atoms with E-state index >= 15 is 0 Å². The van der Waals surface area contributed by atoms with Crippen molar-refractivity contribution < 1.29 is 22.7 Å². The van der Waals surface area contributed by atoms with Gasteiger partial charge >= 0.3 is 0 Å². The van der Waals surface area contributed by atoms with Crippen LogP contribution in [0.2, 0.25) is 0 Å². The summed E-state index contributed by atoms with van der Waals surface area (Å²) in [7, 11) is 1.08. The number of amides is 1. The van der Waals surface area contributed by atoms with E-state index in [2.05, 4.69) is 5.32 Å². The van der Waals surface area contributed by atoms with Crippen molar-refractivity contribution in [3.63, 3.8) is 0 Å². The third kappa shape index (κ3) is 5.81. The Morgan fingerprint density at radius 2 is 2.00 bits per heavy atom. The maximum atomic E-state index is 12.0. The van der Waals surface area contributed by atoms with E-state index in [1.807, 2.05) is 0 Å². The van der Waals surface area contributed by atoms with E-state index in [-0.39, 0.29) is 17.4 Å². The summed E-state index contributed by atoms with van der Waals surface area (Å²) in [5.74, 6) is 0.250. The molecule has 1 rings (SSSR count). The van der Waals surface area contributed by atoms with Crippen LogP contribution in [0.1, 0.15) is 12.0 Å². The Labute approximate surface area is 137 Å². The number of nitrogens with zero attached hydrogens (tertiary/aromatic N) is 1. The van der Waals surface area contributed by atoms with Gasteiger partial charge in [-0.1, -0.05) is 0 Å². The molecule has 0 spiro atoms. The number of ether oxygens (including phenoxy) is 2. The van der Waals surface area contributed by atoms with Crippen LogP contribution in [0.5, 0.6) is 5.75 Å². The lowest BCUT2D eigenvalue weighted by Gasteiger charge is -2.14. The van der Waals surface area contributed by atoms with Gasteiger partial charge in [0.1, 0.15) is 5.75 Å². The number of benzene rings is 1. The highest BCUT2D eigenvalue weighted by Crippen LogP contribution is 2.23. The van der Waals surface area contributed by atoms with Crippen molar-refractivity contribution in [2.45, 2.75) is 18.2 Å². The number of hydrogen-bond donors (Lipinski definition) is 1. The minimum Gasteiger partial charge on any atom is -0.484 e. The molecular formula is C15H24N2O5S. The van der Waals surface area contributed by atoms with E-state index in [4.69, 9.17) is 9.47 Å². The molecule has 0 fully saturated rings. The van der Waals surface area contributed by atoms with Crippen molar-refractivity contribution in [2.24, 2.45) is 0 Å². The summed E-state index contributed by atoms with van der Waals surface area (Å²) in [4.78, 5) is 11.8. The fraction of sp³-hybridized carbons (Fsp3) is 0.533. The second kappa shape index (κ2) is 8.85. The van der Waals surface area contributed by atoms with Crippen molar-refractivity contribution in [3.05, 3.63) is 23.8 Å². The Hall–Kier alpha value is -1.64. The van der Waals surface area contributed by atoms with Crippen molar-refractivity contribution in [2.75, 3.05) is 41.0 Å². The molecule has 7 nitrogen and oxygen atoms in total. The zero-order valence-electron chi connectivity index (χ0n) is 14.0. The van der Waals surface area contributed by atoms with E-state index in [1.165, 1.54) is 26.2 Å². The van der Waals surface area contributed by atoms with Crippen LogP contribution in [-0.4, -0.2) is 59.6 Å². The van der Waals surface area contributed by atoms with Gasteiger partial charge in [-0.3, -0.25) is 4.79 Å². The molecule has 23 heavy (non-hydrogen) atoms. The summed E-state index contributed by atoms with van der Waals surface area (Å²) in [5, 5.41) is 2.71. The highest BCUT2D eigenvalue weighted by atomic mass is 32.2. The number of sulfonamides is 1. The first-order valence-corrected chi connectivity index (χ1v) is 8.64. The minimum absolute atomic E-state index is 0.117. The van der Waals surface area contributed by atoms with Gasteiger partial charge in [-0.25, -0.2) is 12.7 Å². The largest absolute Gasteiger partial charge is 0.484 e. The van der Waals surface area contributed by atoms with Crippen molar-refractivity contribution in [3.8, 4) is 5.75 Å². The predicted molar refractivity (Wildman–Crippen MR) is 87.0 cm³/mol. The first-order valence-electron chi connectivity index (χ1n) is 7.20. The van der Waals surface area contributed by atoms with E-state index in [1.54, 1.807) is 20.1 Å². The summed E-state index contributed by atoms with van der Waals surface area (Å²) in [6.45, 7) is 2.73. The molecule has 1 aromatic rings. The summed E-state index contributed by atoms with van der Waals surface area (Å²) in [6, 6.07) is 4.55. The molecule has 0 radical (unpaired) electrons. The number of carbonyl (C=O) groups excluding carboxylic acids is 1. The van der Waals surface area contributed by atoms with Crippen LogP contribution < -0.4 is 10.1 Å². The number of carbonyl (C=O) groups is 1. The molecule has 1 N–H and O–H groups in total. The number of hydrogen-bond acceptors (Lipinski definition) is 5. The minimum atomic E-state index is -3.48. The third-order valence-electron chi connectivity index (χ3n) is 3.13. The molecule has 0 unspecified atom stereocenters. The first kappa shape index (κ1) is 19.4. The molecule has 0 aliphatic heterocycles. The molecule has 1 amide bonds. The van der Waals surface area contributed by atoms with Crippen LogP contribution in [0, 0.1) is 6.92 Å². The summed E-state index contributed by atoms with van der Waals surface area (Å²) >= 11 is 0. The van der Waals surface area contributed by atoms with Crippen molar-refractivity contribution >= 4 is 15.9 Å². The molecule has 0 saturated heterocycles. The number of nitrogens with one attached hydrogen (secondary N) is 1. The number of methoxy groups -OCH3 is 1. The van der Waals surface area contributed by atoms with Gasteiger partial charge in [0.2, 0.25) is 10.0 Å². The Bertz CT molecular complexity index is 629. The maximum absolute atomic E-state index is 12.0. The average Bonchev–Trinajstić information content (AvgIpc) is 2.50. The highest BCUT2D eigenvalue weighted by Gasteiger charge is 2.18. The van der Waals surface area contributed by atoms with Crippen LogP contribution in [0.4, 0.5) is 0 Å². The molecule has 0 saturated carbocycles. The maximum Gasteiger partial charge on any atom is 0.257 e. The monoisotopic (exact) mass is 344 g/mol. The normalized spacial score (nSPS) is 11.5. The summed E-state index contributed by atoms with van der Waals surface area (Å²) < 4.78 is 35.6. The molecule has 130 valence electrons. The lowest BCUT2D eigenvalue weighted by Crippen LogP contribution is -2.30. The Balaban J connectivity index is 2.61. The summed E-state index contributed by atoms with van der Waals surface area (Å²) in [6.07, 6.45) is 0.734. The van der Waals surface area contributed by atoms with Gasteiger partial charge in [0, 0.05) is 34.4 Å². The van der Waals surface area contributed by atoms with E-state index < -0.39 is 10.0 Å². The van der Waals surface area contributed by atoms with Crippen molar-refractivity contribution in [1.29, 1.82) is 0 Å². The average molecular weight is 344 g/mol. The zero-order valence-corrected chi connectivity index (χ0v) is 14.8. The Kier molecular flexibility index (Phi) is 7.47. The van der Waals surface area contributed by atoms with Crippen LogP contribution in [0.25, 0.3) is 0 Å². The SMILES string of the molecule is COCCCNC(=O)COc1ccc(S(=O)(=O)N(C)C)cc1C. The third-order valence-corrected chi connectivity index (χ3v) is 4.94. The van der Waals surface area contributed by atoms with Gasteiger partial charge in [0.05, 0.1) is 4.90 Å². The van der Waals surface area contributed by atoms with Gasteiger partial charge < -0.3 is 14.8 Å². The fourth-order valence-corrected chi connectivity index (χ4v) is 2.78. The van der Waals surface area contributed by atoms with Crippen LogP contribution >= 0.6 is 0 Å². The highest BCUT2D eigenvalue weighted by molar-refractivity contribution is 7.89. The predicted octanol–water partition coefficient (Wildman–Crippen LogP) is 0.777. The number of aryl methyl sites for hydroxylation is 1. The second-order valence-electron chi connectivity index (χ2n) is 5.20. The van der Waals surface area contributed by atoms with E-state index in [9.17, 15) is 13.2 Å². The van der Waals surface area contributed by atoms with E-state index in [0.29, 0.717) is 24.5 Å². The van der Waals surface area contributed by atoms with Gasteiger partial charge in [-0.15, -0.1) is 0 Å². The number of rotatable bonds is 9. The van der Waals surface area contributed by atoms with Crippen molar-refractivity contribution in [1.82, 2.24) is 9.62 Å². The van der Waals surface area contributed by atoms with E-state index in [0.717, 1.165) is 10.7 Å². The van der Waals surface area contributed by atoms with Crippen LogP contribution in [-0.2, 0) is 19.6 Å². The molecule has 0 heterocycles. The Morgan fingerprint density at radius 3 is 2.57 bits per heavy atom. The first-order chi connectivity index (χ1) is 10.8. The molecule has 0 aliphatic carbocycles. The standard InChI is InChI=1S/C15H24N2O5S/c1-12-10-13(23(19,20)17(2)3)6-7-14(12)22-11-15(18)16-8-5-9-21-4/h6-7,10H,5,8-9,11H2,1-4H3,(H,16,18). The molecule has 0 bridgehead atoms. The Morgan fingerprint density at radius 1 is 1.30 bits per heavy atom. The lowest BCUT2D eigenvalue weighted by atomic mass is 10.2. The molecule has 0 atom stereocenters. The van der Waals surface area contributed by atoms with Crippen LogP contribution in [0.3, 0.4) is 0 Å². The zero-order chi connectivity index (χ0) is 17.5. The lowest BCUT2D eigenvalue weighted by molar-refractivity contribution is -0.123. The molecule has 8 heteroatoms. The quantitative estimate of drug-likeness (QED) is 0.669. The molecule has 0 aliphatic rings. The van der Waals surface area contributed by atoms with Gasteiger partial charge in [0.25, 0.3) is 5.91 Å². The fourth-order valence-electron chi connectivity index (χ4n) is 1.79. The van der Waals surface area contributed by atoms with Gasteiger partial charge in [-0.05, 0) is 37.1 Å². The van der Waals surface area contributed by atoms with Gasteiger partial charge in [0.15, 0.2) is 6.61 Å². The topological polar surface area (TPSA) is 84.9 Å². The molecule has 0 aromatic heterocycles. The molecular weight excluding hydrogens is 320 g/mol. The van der Waals surface area contributed by atoms with Crippen LogP contribution in [0.15, 0.2) is 23.1 Å². The smallest absolute Gasteiger partial charge is 0.257 e. The van der Waals surface area contributed by atoms with Gasteiger partial charge in [-0.2, -0.15) is 0 Å². The summed E-state index contributed by atoms with van der Waals surface area (Å²) in [5.41, 5.74) is 0.653. The molecule has 1 aromatic carbocycles.